The lowest BCUT2D eigenvalue weighted by atomic mass is 9.90. The molecular formula is C13H17BrFNO2. The second-order valence-electron chi connectivity index (χ2n) is 4.83. The van der Waals surface area contributed by atoms with Crippen LogP contribution in [0.4, 0.5) is 4.39 Å². The molecule has 0 unspecified atom stereocenters. The third-order valence-electron chi connectivity index (χ3n) is 2.85. The molecule has 0 aliphatic carbocycles. The van der Waals surface area contributed by atoms with Crippen molar-refractivity contribution in [3.63, 3.8) is 0 Å². The van der Waals surface area contributed by atoms with Crippen LogP contribution in [0.5, 0.6) is 0 Å². The van der Waals surface area contributed by atoms with Gasteiger partial charge in [0.2, 0.25) is 0 Å². The van der Waals surface area contributed by atoms with Gasteiger partial charge in [0.25, 0.3) is 0 Å². The fourth-order valence-corrected chi connectivity index (χ4v) is 1.82. The first-order valence-corrected chi connectivity index (χ1v) is 6.51. The second-order valence-corrected chi connectivity index (χ2v) is 5.68. The Morgan fingerprint density at radius 3 is 2.78 bits per heavy atom. The summed E-state index contributed by atoms with van der Waals surface area (Å²) in [6.45, 7) is 4.28. The molecule has 18 heavy (non-hydrogen) atoms. The van der Waals surface area contributed by atoms with Crippen LogP contribution in [0.25, 0.3) is 0 Å². The summed E-state index contributed by atoms with van der Waals surface area (Å²) in [4.78, 5) is 10.9. The van der Waals surface area contributed by atoms with Crippen LogP contribution in [0.15, 0.2) is 22.7 Å². The minimum atomic E-state index is -0.821. The summed E-state index contributed by atoms with van der Waals surface area (Å²) >= 11 is 3.13. The Morgan fingerprint density at radius 1 is 1.50 bits per heavy atom. The molecule has 0 amide bonds. The van der Waals surface area contributed by atoms with E-state index in [1.165, 1.54) is 0 Å². The summed E-state index contributed by atoms with van der Waals surface area (Å²) < 4.78 is 14.0. The number of benzene rings is 1. The first kappa shape index (κ1) is 15.1. The molecule has 0 saturated carbocycles. The van der Waals surface area contributed by atoms with Crippen molar-refractivity contribution in [1.29, 1.82) is 0 Å². The number of carboxylic acids is 1. The molecule has 3 nitrogen and oxygen atoms in total. The summed E-state index contributed by atoms with van der Waals surface area (Å²) in [5.74, 6) is -1.10. The molecule has 1 rings (SSSR count). The number of carboxylic acid groups (broad SMARTS) is 1. The van der Waals surface area contributed by atoms with Crippen LogP contribution in [0.2, 0.25) is 0 Å². The molecule has 0 fully saturated rings. The third-order valence-corrected chi connectivity index (χ3v) is 3.47. The minimum Gasteiger partial charge on any atom is -0.481 e. The van der Waals surface area contributed by atoms with E-state index in [2.05, 4.69) is 21.2 Å². The fraction of sp³-hybridized carbons (Fsp3) is 0.462. The Balaban J connectivity index is 2.43. The summed E-state index contributed by atoms with van der Waals surface area (Å²) in [6.07, 6.45) is 0.498. The zero-order valence-electron chi connectivity index (χ0n) is 10.5. The van der Waals surface area contributed by atoms with E-state index in [-0.39, 0.29) is 5.82 Å². The summed E-state index contributed by atoms with van der Waals surface area (Å²) in [5.41, 5.74) is -0.194. The van der Waals surface area contributed by atoms with Crippen LogP contribution in [0, 0.1) is 11.2 Å². The molecule has 5 heteroatoms. The SMILES string of the molecule is CC(C)(CCNCc1cccc(Br)c1F)C(=O)O. The average Bonchev–Trinajstić information content (AvgIpc) is 2.29. The maximum absolute atomic E-state index is 13.6. The molecule has 0 aliphatic rings. The highest BCUT2D eigenvalue weighted by Crippen LogP contribution is 2.20. The molecular weight excluding hydrogens is 301 g/mol. The molecule has 0 atom stereocenters. The van der Waals surface area contributed by atoms with Gasteiger partial charge in [-0.25, -0.2) is 4.39 Å². The van der Waals surface area contributed by atoms with Crippen molar-refractivity contribution in [3.8, 4) is 0 Å². The van der Waals surface area contributed by atoms with Crippen LogP contribution in [-0.2, 0) is 11.3 Å². The average molecular weight is 318 g/mol. The molecule has 2 N–H and O–H groups in total. The van der Waals surface area contributed by atoms with Crippen molar-refractivity contribution in [1.82, 2.24) is 5.32 Å². The van der Waals surface area contributed by atoms with Gasteiger partial charge in [-0.2, -0.15) is 0 Å². The molecule has 1 aromatic carbocycles. The number of nitrogens with one attached hydrogen (secondary N) is 1. The Hall–Kier alpha value is -0.940. The monoisotopic (exact) mass is 317 g/mol. The number of halogens is 2. The van der Waals surface area contributed by atoms with Crippen molar-refractivity contribution in [3.05, 3.63) is 34.1 Å². The van der Waals surface area contributed by atoms with Crippen molar-refractivity contribution in [2.45, 2.75) is 26.8 Å². The van der Waals surface area contributed by atoms with Crippen molar-refractivity contribution < 1.29 is 14.3 Å². The third kappa shape index (κ3) is 4.07. The van der Waals surface area contributed by atoms with Crippen LogP contribution >= 0.6 is 15.9 Å². The maximum Gasteiger partial charge on any atom is 0.309 e. The van der Waals surface area contributed by atoms with Gasteiger partial charge in [-0.15, -0.1) is 0 Å². The van der Waals surface area contributed by atoms with Crippen molar-refractivity contribution in [2.75, 3.05) is 6.54 Å². The zero-order valence-corrected chi connectivity index (χ0v) is 12.1. The smallest absolute Gasteiger partial charge is 0.309 e. The van der Waals surface area contributed by atoms with E-state index in [0.29, 0.717) is 29.5 Å². The molecule has 100 valence electrons. The Labute approximate surface area is 115 Å². The first-order valence-electron chi connectivity index (χ1n) is 5.71. The predicted octanol–water partition coefficient (Wildman–Crippen LogP) is 3.18. The van der Waals surface area contributed by atoms with Gasteiger partial charge >= 0.3 is 5.97 Å². The van der Waals surface area contributed by atoms with Crippen LogP contribution in [0.1, 0.15) is 25.8 Å². The Kier molecular flexibility index (Phi) is 5.28. The highest BCUT2D eigenvalue weighted by atomic mass is 79.9. The Bertz CT molecular complexity index is 435. The largest absolute Gasteiger partial charge is 0.481 e. The lowest BCUT2D eigenvalue weighted by Gasteiger charge is -2.19. The topological polar surface area (TPSA) is 49.3 Å². The summed E-state index contributed by atoms with van der Waals surface area (Å²) in [7, 11) is 0. The fourth-order valence-electron chi connectivity index (χ4n) is 1.42. The number of hydrogen-bond acceptors (Lipinski definition) is 2. The van der Waals surface area contributed by atoms with Gasteiger partial charge < -0.3 is 10.4 Å². The van der Waals surface area contributed by atoms with Gasteiger partial charge in [-0.1, -0.05) is 12.1 Å². The van der Waals surface area contributed by atoms with E-state index in [0.717, 1.165) is 0 Å². The van der Waals surface area contributed by atoms with Crippen molar-refractivity contribution >= 4 is 21.9 Å². The van der Waals surface area contributed by atoms with E-state index < -0.39 is 11.4 Å². The predicted molar refractivity (Wildman–Crippen MR) is 71.8 cm³/mol. The normalized spacial score (nSPS) is 11.6. The second kappa shape index (κ2) is 6.29. The van der Waals surface area contributed by atoms with Gasteiger partial charge in [-0.3, -0.25) is 4.79 Å². The maximum atomic E-state index is 13.6. The minimum absolute atomic E-state index is 0.275. The highest BCUT2D eigenvalue weighted by Gasteiger charge is 2.26. The number of carbonyl (C=O) groups is 1. The summed E-state index contributed by atoms with van der Waals surface area (Å²) in [6, 6.07) is 5.12. The lowest BCUT2D eigenvalue weighted by Crippen LogP contribution is -2.29. The molecule has 0 heterocycles. The van der Waals surface area contributed by atoms with Crippen LogP contribution < -0.4 is 5.32 Å². The van der Waals surface area contributed by atoms with Gasteiger partial charge in [0.15, 0.2) is 0 Å². The van der Waals surface area contributed by atoms with Gasteiger partial charge in [0.05, 0.1) is 9.89 Å². The quantitative estimate of drug-likeness (QED) is 0.792. The number of hydrogen-bond donors (Lipinski definition) is 2. The van der Waals surface area contributed by atoms with E-state index in [9.17, 15) is 9.18 Å². The zero-order chi connectivity index (χ0) is 13.8. The molecule has 0 bridgehead atoms. The molecule has 0 spiro atoms. The van der Waals surface area contributed by atoms with Gasteiger partial charge in [0, 0.05) is 12.1 Å². The molecule has 0 aromatic heterocycles. The highest BCUT2D eigenvalue weighted by molar-refractivity contribution is 9.10. The standard InChI is InChI=1S/C13H17BrFNO2/c1-13(2,12(17)18)6-7-16-8-9-4-3-5-10(14)11(9)15/h3-5,16H,6-8H2,1-2H3,(H,17,18). The molecule has 0 aliphatic heterocycles. The van der Waals surface area contributed by atoms with Crippen LogP contribution in [-0.4, -0.2) is 17.6 Å². The lowest BCUT2D eigenvalue weighted by molar-refractivity contribution is -0.147. The number of aliphatic carboxylic acids is 1. The molecule has 0 saturated heterocycles. The van der Waals surface area contributed by atoms with E-state index in [1.54, 1.807) is 32.0 Å². The van der Waals surface area contributed by atoms with Gasteiger partial charge in [0.1, 0.15) is 5.82 Å². The first-order chi connectivity index (χ1) is 8.34. The number of rotatable bonds is 6. The van der Waals surface area contributed by atoms with Crippen molar-refractivity contribution in [2.24, 2.45) is 5.41 Å². The van der Waals surface area contributed by atoms with Gasteiger partial charge in [-0.05, 0) is 48.8 Å². The van der Waals surface area contributed by atoms with E-state index >= 15 is 0 Å². The summed E-state index contributed by atoms with van der Waals surface area (Å²) in [5, 5.41) is 12.0. The van der Waals surface area contributed by atoms with E-state index in [4.69, 9.17) is 5.11 Å². The Morgan fingerprint density at radius 2 is 2.17 bits per heavy atom. The molecule has 1 aromatic rings. The van der Waals surface area contributed by atoms with Crippen LogP contribution in [0.3, 0.4) is 0 Å². The van der Waals surface area contributed by atoms with E-state index in [1.807, 2.05) is 0 Å². The molecule has 0 radical (unpaired) electrons.